The van der Waals surface area contributed by atoms with Crippen molar-refractivity contribution in [3.05, 3.63) is 42.2 Å². The van der Waals surface area contributed by atoms with Crippen molar-refractivity contribution >= 4 is 21.6 Å². The van der Waals surface area contributed by atoms with Crippen molar-refractivity contribution in [1.82, 2.24) is 14.7 Å². The number of hydrogen-bond donors (Lipinski definition) is 2. The molecular weight excluding hydrogens is 392 g/mol. The van der Waals surface area contributed by atoms with Crippen LogP contribution in [-0.4, -0.2) is 36.4 Å². The molecule has 1 aliphatic carbocycles. The second-order valence-corrected chi connectivity index (χ2v) is 8.81. The summed E-state index contributed by atoms with van der Waals surface area (Å²) in [6.45, 7) is 3.48. The average Bonchev–Trinajstić information content (AvgIpc) is 2.70. The fourth-order valence-corrected chi connectivity index (χ4v) is 4.89. The zero-order chi connectivity index (χ0) is 20.9. The van der Waals surface area contributed by atoms with Gasteiger partial charge in [-0.2, -0.15) is 0 Å². The van der Waals surface area contributed by atoms with Crippen molar-refractivity contribution in [3.8, 4) is 6.01 Å². The molecule has 156 valence electrons. The lowest BCUT2D eigenvalue weighted by atomic mass is 9.94. The number of nitrogens with zero attached hydrogens (tertiary/aromatic N) is 2. The van der Waals surface area contributed by atoms with Gasteiger partial charge in [-0.1, -0.05) is 6.92 Å². The van der Waals surface area contributed by atoms with E-state index >= 15 is 0 Å². The van der Waals surface area contributed by atoms with Gasteiger partial charge in [-0.05, 0) is 62.4 Å². The van der Waals surface area contributed by atoms with Gasteiger partial charge in [0, 0.05) is 30.5 Å². The van der Waals surface area contributed by atoms with Gasteiger partial charge in [-0.15, -0.1) is 0 Å². The summed E-state index contributed by atoms with van der Waals surface area (Å²) in [5, 5.41) is 2.74. The summed E-state index contributed by atoms with van der Waals surface area (Å²) >= 11 is 0. The van der Waals surface area contributed by atoms with E-state index in [2.05, 4.69) is 20.0 Å². The van der Waals surface area contributed by atoms with E-state index in [9.17, 15) is 13.2 Å². The average molecular weight is 419 g/mol. The van der Waals surface area contributed by atoms with Crippen LogP contribution in [0.15, 0.2) is 41.6 Å². The monoisotopic (exact) mass is 418 g/mol. The molecule has 2 N–H and O–H groups in total. The molecule has 1 aromatic carbocycles. The van der Waals surface area contributed by atoms with Crippen LogP contribution in [0.2, 0.25) is 0 Å². The van der Waals surface area contributed by atoms with E-state index in [-0.39, 0.29) is 22.9 Å². The van der Waals surface area contributed by atoms with Gasteiger partial charge in [-0.3, -0.25) is 4.79 Å². The lowest BCUT2D eigenvalue weighted by molar-refractivity contribution is -0.115. The molecular formula is C20H26N4O4S. The number of hydrogen-bond acceptors (Lipinski definition) is 6. The number of aromatic nitrogens is 2. The van der Waals surface area contributed by atoms with Gasteiger partial charge in [0.05, 0.1) is 4.90 Å². The molecule has 0 radical (unpaired) electrons. The van der Waals surface area contributed by atoms with Crippen LogP contribution in [0, 0.1) is 6.92 Å². The number of benzene rings is 1. The van der Waals surface area contributed by atoms with Crippen molar-refractivity contribution in [2.45, 2.75) is 63.0 Å². The van der Waals surface area contributed by atoms with Crippen LogP contribution < -0.4 is 14.8 Å². The predicted molar refractivity (Wildman–Crippen MR) is 109 cm³/mol. The highest BCUT2D eigenvalue weighted by molar-refractivity contribution is 7.89. The molecule has 0 aliphatic heterocycles. The third-order valence-corrected chi connectivity index (χ3v) is 6.56. The van der Waals surface area contributed by atoms with Gasteiger partial charge in [-0.25, -0.2) is 23.1 Å². The summed E-state index contributed by atoms with van der Waals surface area (Å²) in [5.74, 6) is -0.113. The summed E-state index contributed by atoms with van der Waals surface area (Å²) in [5.41, 5.74) is 1.18. The molecule has 9 heteroatoms. The molecule has 1 amide bonds. The molecule has 2 aromatic rings. The Morgan fingerprint density at radius 2 is 1.86 bits per heavy atom. The quantitative estimate of drug-likeness (QED) is 0.715. The van der Waals surface area contributed by atoms with E-state index in [1.165, 1.54) is 6.07 Å². The molecule has 1 fully saturated rings. The number of carbonyl (C=O) groups excluding carboxylic acids is 1. The van der Waals surface area contributed by atoms with Crippen molar-refractivity contribution in [2.24, 2.45) is 0 Å². The normalized spacial score (nSPS) is 19.5. The van der Waals surface area contributed by atoms with Crippen LogP contribution in [0.5, 0.6) is 6.01 Å². The lowest BCUT2D eigenvalue weighted by Crippen LogP contribution is -2.40. The smallest absolute Gasteiger partial charge is 0.316 e. The molecule has 1 aliphatic rings. The second kappa shape index (κ2) is 9.32. The first-order valence-electron chi connectivity index (χ1n) is 9.74. The van der Waals surface area contributed by atoms with Crippen molar-refractivity contribution in [2.75, 3.05) is 5.32 Å². The number of amides is 1. The molecule has 0 bridgehead atoms. The summed E-state index contributed by atoms with van der Waals surface area (Å²) in [4.78, 5) is 19.9. The van der Waals surface area contributed by atoms with E-state index in [0.29, 0.717) is 36.5 Å². The van der Waals surface area contributed by atoms with Gasteiger partial charge >= 0.3 is 6.01 Å². The Hall–Kier alpha value is -2.52. The number of ether oxygens (including phenoxy) is 1. The minimum Gasteiger partial charge on any atom is -0.460 e. The maximum absolute atomic E-state index is 12.8. The second-order valence-electron chi connectivity index (χ2n) is 7.13. The van der Waals surface area contributed by atoms with Crippen LogP contribution >= 0.6 is 0 Å². The maximum atomic E-state index is 12.8. The summed E-state index contributed by atoms with van der Waals surface area (Å²) < 4.78 is 34.2. The Bertz CT molecular complexity index is 942. The molecule has 1 aromatic heterocycles. The summed E-state index contributed by atoms with van der Waals surface area (Å²) in [6, 6.07) is 6.75. The van der Waals surface area contributed by atoms with Gasteiger partial charge in [0.15, 0.2) is 0 Å². The van der Waals surface area contributed by atoms with Crippen LogP contribution in [0.4, 0.5) is 5.69 Å². The van der Waals surface area contributed by atoms with Crippen molar-refractivity contribution < 1.29 is 17.9 Å². The van der Waals surface area contributed by atoms with Crippen LogP contribution in [0.1, 0.15) is 44.6 Å². The molecule has 1 saturated carbocycles. The van der Waals surface area contributed by atoms with E-state index in [0.717, 1.165) is 12.8 Å². The third kappa shape index (κ3) is 5.74. The molecule has 0 atom stereocenters. The largest absolute Gasteiger partial charge is 0.460 e. The zero-order valence-corrected chi connectivity index (χ0v) is 17.4. The first kappa shape index (κ1) is 21.2. The Morgan fingerprint density at radius 3 is 2.48 bits per heavy atom. The zero-order valence-electron chi connectivity index (χ0n) is 16.6. The minimum atomic E-state index is -3.65. The third-order valence-electron chi connectivity index (χ3n) is 4.88. The Kier molecular flexibility index (Phi) is 6.81. The maximum Gasteiger partial charge on any atom is 0.316 e. The van der Waals surface area contributed by atoms with Crippen LogP contribution in [0.25, 0.3) is 0 Å². The fraction of sp³-hybridized carbons (Fsp3) is 0.450. The Labute approximate surface area is 171 Å². The molecule has 8 nitrogen and oxygen atoms in total. The standard InChI is InChI=1S/C20H26N4O4S/c1-3-19(25)23-16-7-10-18(14(2)13-16)29(26,27)24-15-5-8-17(9-6-15)28-20-21-11-4-12-22-20/h4,7,10-13,15,17,24H,3,5-6,8-9H2,1-2H3,(H,23,25). The topological polar surface area (TPSA) is 110 Å². The molecule has 3 rings (SSSR count). The number of nitrogens with one attached hydrogen (secondary N) is 2. The highest BCUT2D eigenvalue weighted by atomic mass is 32.2. The molecule has 29 heavy (non-hydrogen) atoms. The highest BCUT2D eigenvalue weighted by Gasteiger charge is 2.27. The summed E-state index contributed by atoms with van der Waals surface area (Å²) in [7, 11) is -3.65. The molecule has 0 spiro atoms. The van der Waals surface area contributed by atoms with E-state index in [1.54, 1.807) is 44.4 Å². The SMILES string of the molecule is CCC(=O)Nc1ccc(S(=O)(=O)NC2CCC(Oc3ncccn3)CC2)c(C)c1. The first-order valence-corrected chi connectivity index (χ1v) is 11.2. The van der Waals surface area contributed by atoms with E-state index in [4.69, 9.17) is 4.74 Å². The van der Waals surface area contributed by atoms with Gasteiger partial charge in [0.1, 0.15) is 6.10 Å². The van der Waals surface area contributed by atoms with Crippen molar-refractivity contribution in [3.63, 3.8) is 0 Å². The number of sulfonamides is 1. The lowest BCUT2D eigenvalue weighted by Gasteiger charge is -2.28. The first-order chi connectivity index (χ1) is 13.9. The minimum absolute atomic E-state index is 0.0126. The Balaban J connectivity index is 1.58. The van der Waals surface area contributed by atoms with Crippen molar-refractivity contribution in [1.29, 1.82) is 0 Å². The number of anilines is 1. The number of carbonyl (C=O) groups is 1. The molecule has 1 heterocycles. The highest BCUT2D eigenvalue weighted by Crippen LogP contribution is 2.25. The van der Waals surface area contributed by atoms with Gasteiger partial charge in [0.25, 0.3) is 0 Å². The van der Waals surface area contributed by atoms with Crippen LogP contribution in [-0.2, 0) is 14.8 Å². The van der Waals surface area contributed by atoms with Crippen LogP contribution in [0.3, 0.4) is 0 Å². The fourth-order valence-electron chi connectivity index (χ4n) is 3.35. The molecule has 0 saturated heterocycles. The predicted octanol–water partition coefficient (Wildman–Crippen LogP) is 2.80. The van der Waals surface area contributed by atoms with Gasteiger partial charge < -0.3 is 10.1 Å². The van der Waals surface area contributed by atoms with Gasteiger partial charge in [0.2, 0.25) is 15.9 Å². The number of aryl methyl sites for hydroxylation is 1. The van der Waals surface area contributed by atoms with E-state index in [1.807, 2.05) is 0 Å². The Morgan fingerprint density at radius 1 is 1.17 bits per heavy atom. The molecule has 0 unspecified atom stereocenters. The number of rotatable bonds is 7. The summed E-state index contributed by atoms with van der Waals surface area (Å²) in [6.07, 6.45) is 6.43. The van der Waals surface area contributed by atoms with E-state index < -0.39 is 10.0 Å².